The molecule has 0 aliphatic heterocycles. The number of carbonyl (C=O) groups is 1. The molecular formula is C14H10BrClFNO. The van der Waals surface area contributed by atoms with Gasteiger partial charge in [-0.2, -0.15) is 0 Å². The maximum absolute atomic E-state index is 13.0. The first-order valence-electron chi connectivity index (χ1n) is 5.54. The Kier molecular flexibility index (Phi) is 4.56. The van der Waals surface area contributed by atoms with Gasteiger partial charge in [0.2, 0.25) is 0 Å². The molecule has 98 valence electrons. The van der Waals surface area contributed by atoms with Crippen molar-refractivity contribution in [3.63, 3.8) is 0 Å². The first kappa shape index (κ1) is 14.0. The second-order valence-electron chi connectivity index (χ2n) is 3.94. The maximum Gasteiger partial charge on any atom is 0.251 e. The molecule has 0 atom stereocenters. The molecule has 2 rings (SSSR count). The molecular weight excluding hydrogens is 333 g/mol. The predicted molar refractivity (Wildman–Crippen MR) is 76.7 cm³/mol. The summed E-state index contributed by atoms with van der Waals surface area (Å²) in [5.74, 6) is -0.655. The Morgan fingerprint density at radius 3 is 2.53 bits per heavy atom. The summed E-state index contributed by atoms with van der Waals surface area (Å²) in [5, 5.41) is 2.80. The maximum atomic E-state index is 13.0. The predicted octanol–water partition coefficient (Wildman–Crippen LogP) is 4.17. The van der Waals surface area contributed by atoms with Crippen LogP contribution in [0.25, 0.3) is 0 Å². The highest BCUT2D eigenvalue weighted by atomic mass is 79.9. The summed E-state index contributed by atoms with van der Waals surface area (Å²) in [7, 11) is 0. The van der Waals surface area contributed by atoms with Gasteiger partial charge in [-0.1, -0.05) is 33.6 Å². The molecule has 0 saturated carbocycles. The normalized spacial score (nSPS) is 10.3. The number of hydrogen-bond donors (Lipinski definition) is 1. The number of halogens is 3. The van der Waals surface area contributed by atoms with Crippen molar-refractivity contribution in [2.45, 2.75) is 6.54 Å². The summed E-state index contributed by atoms with van der Waals surface area (Å²) >= 11 is 8.97. The minimum atomic E-state index is -0.468. The van der Waals surface area contributed by atoms with Crippen LogP contribution in [0, 0.1) is 5.82 Å². The summed E-state index contributed by atoms with van der Waals surface area (Å²) in [5.41, 5.74) is 1.31. The van der Waals surface area contributed by atoms with Crippen molar-refractivity contribution in [3.8, 4) is 0 Å². The first-order valence-corrected chi connectivity index (χ1v) is 6.71. The van der Waals surface area contributed by atoms with Crippen LogP contribution in [0.2, 0.25) is 5.02 Å². The lowest BCUT2D eigenvalue weighted by Gasteiger charge is -2.06. The summed E-state index contributed by atoms with van der Waals surface area (Å²) in [6.07, 6.45) is 0. The van der Waals surface area contributed by atoms with Crippen molar-refractivity contribution in [2.75, 3.05) is 0 Å². The molecule has 2 aromatic rings. The Labute approximate surface area is 123 Å². The van der Waals surface area contributed by atoms with Gasteiger partial charge in [-0.15, -0.1) is 0 Å². The second kappa shape index (κ2) is 6.17. The van der Waals surface area contributed by atoms with Gasteiger partial charge in [-0.05, 0) is 42.0 Å². The van der Waals surface area contributed by atoms with Gasteiger partial charge in [0, 0.05) is 16.6 Å². The molecule has 2 aromatic carbocycles. The first-order chi connectivity index (χ1) is 9.06. The second-order valence-corrected chi connectivity index (χ2v) is 5.26. The summed E-state index contributed by atoms with van der Waals surface area (Å²) in [6.45, 7) is 0.300. The highest BCUT2D eigenvalue weighted by Gasteiger charge is 2.06. The van der Waals surface area contributed by atoms with E-state index in [-0.39, 0.29) is 10.9 Å². The van der Waals surface area contributed by atoms with Crippen molar-refractivity contribution < 1.29 is 9.18 Å². The lowest BCUT2D eigenvalue weighted by atomic mass is 10.2. The van der Waals surface area contributed by atoms with Gasteiger partial charge in [0.15, 0.2) is 0 Å². The van der Waals surface area contributed by atoms with E-state index in [2.05, 4.69) is 21.2 Å². The molecule has 0 unspecified atom stereocenters. The molecule has 0 saturated heterocycles. The molecule has 0 aliphatic rings. The number of nitrogens with one attached hydrogen (secondary N) is 1. The largest absolute Gasteiger partial charge is 0.348 e. The standard InChI is InChI=1S/C14H10BrClFNO/c15-11-4-2-10(3-5-11)14(19)18-8-9-1-6-13(17)12(16)7-9/h1-7H,8H2,(H,18,19). The van der Waals surface area contributed by atoms with Gasteiger partial charge in [-0.25, -0.2) is 4.39 Å². The molecule has 19 heavy (non-hydrogen) atoms. The van der Waals surface area contributed by atoms with Crippen molar-refractivity contribution in [1.29, 1.82) is 0 Å². The van der Waals surface area contributed by atoms with E-state index >= 15 is 0 Å². The topological polar surface area (TPSA) is 29.1 Å². The quantitative estimate of drug-likeness (QED) is 0.891. The molecule has 0 aromatic heterocycles. The van der Waals surface area contributed by atoms with Gasteiger partial charge in [0.1, 0.15) is 5.82 Å². The highest BCUT2D eigenvalue weighted by Crippen LogP contribution is 2.16. The minimum absolute atomic E-state index is 0.0513. The Bertz CT molecular complexity index is 601. The Balaban J connectivity index is 2.00. The fourth-order valence-electron chi connectivity index (χ4n) is 1.54. The molecule has 0 aliphatic carbocycles. The smallest absolute Gasteiger partial charge is 0.251 e. The number of carbonyl (C=O) groups excluding carboxylic acids is 1. The lowest BCUT2D eigenvalue weighted by molar-refractivity contribution is 0.0951. The zero-order valence-corrected chi connectivity index (χ0v) is 12.1. The fraction of sp³-hybridized carbons (Fsp3) is 0.0714. The van der Waals surface area contributed by atoms with Crippen LogP contribution < -0.4 is 5.32 Å². The van der Waals surface area contributed by atoms with E-state index in [9.17, 15) is 9.18 Å². The molecule has 0 fully saturated rings. The van der Waals surface area contributed by atoms with Crippen LogP contribution in [-0.4, -0.2) is 5.91 Å². The summed E-state index contributed by atoms with van der Waals surface area (Å²) < 4.78 is 13.9. The zero-order valence-electron chi connectivity index (χ0n) is 9.79. The lowest BCUT2D eigenvalue weighted by Crippen LogP contribution is -2.22. The molecule has 0 bridgehead atoms. The number of amides is 1. The van der Waals surface area contributed by atoms with E-state index in [1.165, 1.54) is 12.1 Å². The third-order valence-electron chi connectivity index (χ3n) is 2.54. The van der Waals surface area contributed by atoms with Crippen molar-refractivity contribution >= 4 is 33.4 Å². The Hall–Kier alpha value is -1.39. The van der Waals surface area contributed by atoms with Crippen molar-refractivity contribution in [3.05, 3.63) is 68.9 Å². The number of hydrogen-bond acceptors (Lipinski definition) is 1. The van der Waals surface area contributed by atoms with E-state index in [0.717, 1.165) is 10.0 Å². The monoisotopic (exact) mass is 341 g/mol. The van der Waals surface area contributed by atoms with Gasteiger partial charge < -0.3 is 5.32 Å². The molecule has 2 nitrogen and oxygen atoms in total. The molecule has 5 heteroatoms. The number of rotatable bonds is 3. The van der Waals surface area contributed by atoms with E-state index < -0.39 is 5.82 Å². The summed E-state index contributed by atoms with van der Waals surface area (Å²) in [6, 6.07) is 11.4. The molecule has 0 spiro atoms. The molecule has 0 radical (unpaired) electrons. The van der Waals surface area contributed by atoms with Gasteiger partial charge >= 0.3 is 0 Å². The Morgan fingerprint density at radius 2 is 1.89 bits per heavy atom. The van der Waals surface area contributed by atoms with Crippen LogP contribution in [0.4, 0.5) is 4.39 Å². The van der Waals surface area contributed by atoms with Crippen LogP contribution in [0.1, 0.15) is 15.9 Å². The average Bonchev–Trinajstić information content (AvgIpc) is 2.40. The van der Waals surface area contributed by atoms with Gasteiger partial charge in [-0.3, -0.25) is 4.79 Å². The van der Waals surface area contributed by atoms with E-state index in [1.54, 1.807) is 30.3 Å². The van der Waals surface area contributed by atoms with Gasteiger partial charge in [0.25, 0.3) is 5.91 Å². The third kappa shape index (κ3) is 3.78. The molecule has 1 amide bonds. The van der Waals surface area contributed by atoms with Crippen LogP contribution in [0.15, 0.2) is 46.9 Å². The van der Waals surface area contributed by atoms with Crippen LogP contribution in [0.3, 0.4) is 0 Å². The van der Waals surface area contributed by atoms with E-state index in [4.69, 9.17) is 11.6 Å². The molecule has 1 N–H and O–H groups in total. The Morgan fingerprint density at radius 1 is 1.21 bits per heavy atom. The van der Waals surface area contributed by atoms with Crippen molar-refractivity contribution in [2.24, 2.45) is 0 Å². The van der Waals surface area contributed by atoms with Crippen LogP contribution in [-0.2, 0) is 6.54 Å². The van der Waals surface area contributed by atoms with Gasteiger partial charge in [0.05, 0.1) is 5.02 Å². The van der Waals surface area contributed by atoms with E-state index in [0.29, 0.717) is 12.1 Å². The summed E-state index contributed by atoms with van der Waals surface area (Å²) in [4.78, 5) is 11.8. The van der Waals surface area contributed by atoms with E-state index in [1.807, 2.05) is 0 Å². The zero-order chi connectivity index (χ0) is 13.8. The van der Waals surface area contributed by atoms with Crippen LogP contribution >= 0.6 is 27.5 Å². The number of benzene rings is 2. The van der Waals surface area contributed by atoms with Crippen molar-refractivity contribution in [1.82, 2.24) is 5.32 Å². The minimum Gasteiger partial charge on any atom is -0.348 e. The molecule has 0 heterocycles. The average molecular weight is 343 g/mol. The third-order valence-corrected chi connectivity index (χ3v) is 3.36. The van der Waals surface area contributed by atoms with Crippen LogP contribution in [0.5, 0.6) is 0 Å². The SMILES string of the molecule is O=C(NCc1ccc(F)c(Cl)c1)c1ccc(Br)cc1. The highest BCUT2D eigenvalue weighted by molar-refractivity contribution is 9.10. The fourth-order valence-corrected chi connectivity index (χ4v) is 2.00.